The lowest BCUT2D eigenvalue weighted by Gasteiger charge is -2.47. The van der Waals surface area contributed by atoms with Gasteiger partial charge in [0.25, 0.3) is 0 Å². The van der Waals surface area contributed by atoms with Crippen LogP contribution < -0.4 is 0 Å². The number of fused-ring (bicyclic) bond motifs is 2. The molecule has 4 aliphatic heterocycles. The van der Waals surface area contributed by atoms with Crippen LogP contribution in [0.1, 0.15) is 145 Å². The van der Waals surface area contributed by atoms with Gasteiger partial charge in [-0.05, 0) is 135 Å². The smallest absolute Gasteiger partial charge is 0.335 e. The van der Waals surface area contributed by atoms with Crippen LogP contribution >= 0.6 is 0 Å². The molecule has 8 rings (SSSR count). The van der Waals surface area contributed by atoms with Crippen molar-refractivity contribution in [2.24, 2.45) is 10.8 Å². The van der Waals surface area contributed by atoms with Gasteiger partial charge in [-0.1, -0.05) is 86.7 Å². The van der Waals surface area contributed by atoms with E-state index in [1.807, 2.05) is 62.4 Å². The molecule has 0 spiro atoms. The average Bonchev–Trinajstić information content (AvgIpc) is 1.90. The van der Waals surface area contributed by atoms with Crippen LogP contribution in [0.15, 0.2) is 136 Å². The van der Waals surface area contributed by atoms with Crippen LogP contribution in [0.5, 0.6) is 0 Å². The van der Waals surface area contributed by atoms with Gasteiger partial charge in [0.1, 0.15) is 0 Å². The molecule has 0 bridgehead atoms. The van der Waals surface area contributed by atoms with E-state index in [4.69, 9.17) is 0 Å². The van der Waals surface area contributed by atoms with Crippen LogP contribution in [-0.2, 0) is 34.3 Å². The van der Waals surface area contributed by atoms with Crippen molar-refractivity contribution in [2.45, 2.75) is 140 Å². The monoisotopic (exact) mass is 1240 g/mol. The molecule has 88 heavy (non-hydrogen) atoms. The second-order valence-corrected chi connectivity index (χ2v) is 23.4. The van der Waals surface area contributed by atoms with Gasteiger partial charge < -0.3 is 29.4 Å². The maximum absolute atomic E-state index is 14.3. The number of halogens is 12. The molecule has 0 aliphatic carbocycles. The van der Waals surface area contributed by atoms with Gasteiger partial charge in [0.05, 0.1) is 69.3 Å². The Kier molecular flexibility index (Phi) is 20.3. The number of carbonyl (C=O) groups is 4. The third-order valence-electron chi connectivity index (χ3n) is 17.9. The lowest BCUT2D eigenvalue weighted by molar-refractivity contribution is -0.144. The number of hydrogen-bond donors (Lipinski definition) is 0. The molecule has 4 aromatic rings. The zero-order valence-corrected chi connectivity index (χ0v) is 50.0. The van der Waals surface area contributed by atoms with Gasteiger partial charge in [0.15, 0.2) is 0 Å². The van der Waals surface area contributed by atoms with Crippen LogP contribution in [0.4, 0.5) is 62.3 Å². The number of aryl methyl sites for hydroxylation is 2. The number of carbonyl (C=O) groups excluding carboxylic acids is 4. The molecular weight excluding hydrogens is 1170 g/mol. The molecule has 0 N–H and O–H groups in total. The highest BCUT2D eigenvalue weighted by molar-refractivity contribution is 5.88. The second-order valence-electron chi connectivity index (χ2n) is 23.4. The summed E-state index contributed by atoms with van der Waals surface area (Å²) in [7, 11) is 2.79. The Morgan fingerprint density at radius 3 is 1.05 bits per heavy atom. The van der Waals surface area contributed by atoms with Gasteiger partial charge >= 0.3 is 36.8 Å². The quantitative estimate of drug-likeness (QED) is 0.0826. The molecule has 0 saturated carbocycles. The van der Waals surface area contributed by atoms with E-state index in [-0.39, 0.29) is 74.1 Å². The number of alkyl halides is 12. The van der Waals surface area contributed by atoms with Crippen LogP contribution in [0.3, 0.4) is 0 Å². The Hall–Kier alpha value is -7.52. The van der Waals surface area contributed by atoms with Crippen molar-refractivity contribution in [3.8, 4) is 0 Å². The van der Waals surface area contributed by atoms with Crippen molar-refractivity contribution in [2.75, 3.05) is 40.3 Å². The molecule has 6 atom stereocenters. The fourth-order valence-corrected chi connectivity index (χ4v) is 13.8. The molecular formula is C66H74F12N6O4. The van der Waals surface area contributed by atoms with E-state index >= 15 is 0 Å². The Labute approximate surface area is 505 Å². The van der Waals surface area contributed by atoms with Gasteiger partial charge in [0, 0.05) is 40.3 Å². The van der Waals surface area contributed by atoms with Gasteiger partial charge in [0.2, 0.25) is 11.8 Å². The fraction of sp³-hybridized carbons (Fsp3) is 0.455. The van der Waals surface area contributed by atoms with Crippen LogP contribution in [0.25, 0.3) is 0 Å². The third-order valence-corrected chi connectivity index (χ3v) is 17.9. The largest absolute Gasteiger partial charge is 0.416 e. The first kappa shape index (κ1) is 68.0. The maximum Gasteiger partial charge on any atom is 0.416 e. The van der Waals surface area contributed by atoms with Gasteiger partial charge in [-0.25, -0.2) is 9.59 Å². The van der Waals surface area contributed by atoms with Crippen molar-refractivity contribution in [1.29, 1.82) is 0 Å². The van der Waals surface area contributed by atoms with Crippen molar-refractivity contribution in [3.63, 3.8) is 0 Å². The van der Waals surface area contributed by atoms with E-state index in [0.717, 1.165) is 22.3 Å². The van der Waals surface area contributed by atoms with Crippen LogP contribution in [0, 0.1) is 24.7 Å². The third kappa shape index (κ3) is 13.5. The molecule has 4 fully saturated rings. The lowest BCUT2D eigenvalue weighted by atomic mass is 9.76. The molecule has 476 valence electrons. The Bertz CT molecular complexity index is 2970. The number of nitrogens with zero attached hydrogens (tertiary/aromatic N) is 6. The number of urea groups is 2. The first-order valence-electron chi connectivity index (χ1n) is 29.0. The van der Waals surface area contributed by atoms with Crippen molar-refractivity contribution in [1.82, 2.24) is 29.4 Å². The van der Waals surface area contributed by atoms with E-state index in [1.54, 1.807) is 57.8 Å². The molecule has 22 heteroatoms. The van der Waals surface area contributed by atoms with Crippen LogP contribution in [-0.4, -0.2) is 106 Å². The molecule has 10 nitrogen and oxygen atoms in total. The average molecular weight is 1240 g/mol. The number of amides is 6. The number of allylic oxidation sites excluding steroid dienone is 4. The topological polar surface area (TPSA) is 87.7 Å². The molecule has 0 radical (unpaired) electrons. The molecule has 4 aromatic carbocycles. The van der Waals surface area contributed by atoms with Crippen LogP contribution in [0.2, 0.25) is 0 Å². The summed E-state index contributed by atoms with van der Waals surface area (Å²) in [5, 5.41) is 0. The normalized spacial score (nSPS) is 20.7. The zero-order chi connectivity index (χ0) is 65.2. The van der Waals surface area contributed by atoms with Gasteiger partial charge in [-0.15, -0.1) is 26.3 Å². The minimum absolute atomic E-state index is 0.0450. The SMILES string of the molecule is C=CCC1(CC=C)C[C@H]2[C@H](c3ccccc3C)N(C(=O)N(C)[C@@H](CC)c3cc(C(F)(F)F)cc(C(F)(F)F)c3)CCN2C1=O.C=CCC1(CC=C)C[C@H]2[C@H](c3ccccc3C)N(C(=O)N(C)[C@H](CC)c3cc(C(F)(F)F)cc(C(F)(F)F)c3)CCN2C1=O. The second kappa shape index (κ2) is 26.3. The lowest BCUT2D eigenvalue weighted by Crippen LogP contribution is -2.57. The van der Waals surface area contributed by atoms with E-state index in [2.05, 4.69) is 26.3 Å². The van der Waals surface area contributed by atoms with Crippen molar-refractivity contribution >= 4 is 23.9 Å². The predicted molar refractivity (Wildman–Crippen MR) is 311 cm³/mol. The summed E-state index contributed by atoms with van der Waals surface area (Å²) in [5.41, 5.74) is -4.38. The predicted octanol–water partition coefficient (Wildman–Crippen LogP) is 16.7. The molecule has 4 heterocycles. The highest BCUT2D eigenvalue weighted by Gasteiger charge is 2.58. The maximum atomic E-state index is 14.3. The molecule has 4 saturated heterocycles. The number of hydrogen-bond acceptors (Lipinski definition) is 4. The first-order valence-corrected chi connectivity index (χ1v) is 29.0. The minimum atomic E-state index is -5.01. The highest BCUT2D eigenvalue weighted by Crippen LogP contribution is 2.52. The van der Waals surface area contributed by atoms with Gasteiger partial charge in [-0.2, -0.15) is 52.7 Å². The molecule has 0 aromatic heterocycles. The summed E-state index contributed by atoms with van der Waals surface area (Å²) in [5.74, 6) is -0.0900. The summed E-state index contributed by atoms with van der Waals surface area (Å²) < 4.78 is 164. The van der Waals surface area contributed by atoms with Gasteiger partial charge in [-0.3, -0.25) is 9.59 Å². The summed E-state index contributed by atoms with van der Waals surface area (Å²) >= 11 is 0. The summed E-state index contributed by atoms with van der Waals surface area (Å²) in [6.45, 7) is 23.1. The Balaban J connectivity index is 0.000000251. The van der Waals surface area contributed by atoms with E-state index in [1.165, 1.54) is 23.9 Å². The minimum Gasteiger partial charge on any atom is -0.335 e. The van der Waals surface area contributed by atoms with Crippen molar-refractivity contribution in [3.05, 3.63) is 191 Å². The summed E-state index contributed by atoms with van der Waals surface area (Å²) in [6.07, 6.45) is -10.5. The Morgan fingerprint density at radius 1 is 0.511 bits per heavy atom. The van der Waals surface area contributed by atoms with E-state index in [0.29, 0.717) is 62.8 Å². The van der Waals surface area contributed by atoms with E-state index in [9.17, 15) is 71.9 Å². The first-order chi connectivity index (χ1) is 41.2. The number of rotatable bonds is 16. The summed E-state index contributed by atoms with van der Waals surface area (Å²) in [6, 6.07) is 12.6. The molecule has 0 unspecified atom stereocenters. The standard InChI is InChI=1S/2C33H37F6N3O2/c2*1-6-13-31(14-7-2)20-27-28(25-12-10-9-11-21(25)4)42(16-15-41(27)29(31)43)30(44)40(5)26(8-3)22-17-23(32(34,35)36)19-24(18-22)33(37,38)39/h2*6-7,9-12,17-19,26-28H,1-2,8,13-16,20H2,3-5H3/t26-,27+,28+;26-,27-,28-/m10/s1. The molecule has 4 aliphatic rings. The molecule has 6 amide bonds. The van der Waals surface area contributed by atoms with Crippen molar-refractivity contribution < 1.29 is 71.9 Å². The summed E-state index contributed by atoms with van der Waals surface area (Å²) in [4.78, 5) is 65.4. The fourth-order valence-electron chi connectivity index (χ4n) is 13.8. The number of piperazine rings is 2. The highest BCUT2D eigenvalue weighted by atomic mass is 19.4. The zero-order valence-electron chi connectivity index (χ0n) is 50.0. The Morgan fingerprint density at radius 2 is 0.795 bits per heavy atom. The number of benzene rings is 4. The van der Waals surface area contributed by atoms with E-state index < -0.39 is 106 Å².